The van der Waals surface area contributed by atoms with Crippen molar-refractivity contribution < 1.29 is 9.26 Å². The number of methoxy groups -OCH3 is 1. The Morgan fingerprint density at radius 2 is 1.90 bits per heavy atom. The van der Waals surface area contributed by atoms with Crippen LogP contribution in [0.1, 0.15) is 44.0 Å². The third-order valence-corrected chi connectivity index (χ3v) is 4.07. The van der Waals surface area contributed by atoms with E-state index >= 15 is 0 Å². The summed E-state index contributed by atoms with van der Waals surface area (Å²) in [6.45, 7) is 4.13. The first kappa shape index (κ1) is 15.5. The third-order valence-electron chi connectivity index (χ3n) is 4.07. The molecule has 1 aromatic carbocycles. The number of nitrogens with zero attached hydrogens (tertiary/aromatic N) is 2. The molecule has 0 saturated carbocycles. The molecule has 2 rings (SSSR count). The van der Waals surface area contributed by atoms with Crippen LogP contribution < -0.4 is 5.73 Å². The molecule has 0 radical (unpaired) electrons. The number of benzene rings is 1. The Balaban J connectivity index is 2.08. The van der Waals surface area contributed by atoms with E-state index in [1.807, 2.05) is 24.3 Å². The molecule has 5 nitrogen and oxygen atoms in total. The number of hydrogen-bond donors (Lipinski definition) is 1. The van der Waals surface area contributed by atoms with Crippen LogP contribution in [0.5, 0.6) is 0 Å². The average Bonchev–Trinajstić information content (AvgIpc) is 2.98. The maximum absolute atomic E-state index is 5.94. The Labute approximate surface area is 125 Å². The Morgan fingerprint density at radius 1 is 1.19 bits per heavy atom. The summed E-state index contributed by atoms with van der Waals surface area (Å²) in [4.78, 5) is 4.50. The van der Waals surface area contributed by atoms with Crippen LogP contribution in [0.25, 0.3) is 0 Å². The predicted molar refractivity (Wildman–Crippen MR) is 81.8 cm³/mol. The van der Waals surface area contributed by atoms with Crippen molar-refractivity contribution in [2.45, 2.75) is 45.1 Å². The fourth-order valence-corrected chi connectivity index (χ4v) is 2.49. The van der Waals surface area contributed by atoms with Gasteiger partial charge in [0.2, 0.25) is 11.7 Å². The minimum Gasteiger partial charge on any atom is -0.399 e. The lowest BCUT2D eigenvalue weighted by atomic mass is 9.96. The Bertz CT molecular complexity index is 568. The van der Waals surface area contributed by atoms with Gasteiger partial charge >= 0.3 is 0 Å². The van der Waals surface area contributed by atoms with E-state index in [9.17, 15) is 0 Å². The van der Waals surface area contributed by atoms with Crippen molar-refractivity contribution in [3.8, 4) is 0 Å². The highest BCUT2D eigenvalue weighted by molar-refractivity contribution is 5.46. The molecular formula is C16H23N3O2. The number of para-hydroxylation sites is 1. The highest BCUT2D eigenvalue weighted by Gasteiger charge is 2.33. The number of aromatic nitrogens is 2. The van der Waals surface area contributed by atoms with Gasteiger partial charge in [0.25, 0.3) is 0 Å². The number of anilines is 1. The highest BCUT2D eigenvalue weighted by Crippen LogP contribution is 2.30. The molecule has 0 aliphatic heterocycles. The fraction of sp³-hybridized carbons (Fsp3) is 0.500. The second kappa shape index (κ2) is 6.72. The minimum atomic E-state index is -0.451. The number of nitrogens with two attached hydrogens (primary N) is 1. The summed E-state index contributed by atoms with van der Waals surface area (Å²) in [5.74, 6) is 1.25. The Morgan fingerprint density at radius 3 is 2.52 bits per heavy atom. The average molecular weight is 289 g/mol. The maximum Gasteiger partial charge on any atom is 0.227 e. The largest absolute Gasteiger partial charge is 0.399 e. The normalized spacial score (nSPS) is 11.8. The molecule has 0 unspecified atom stereocenters. The van der Waals surface area contributed by atoms with Crippen molar-refractivity contribution in [1.29, 1.82) is 0 Å². The number of aryl methyl sites for hydroxylation is 2. The molecule has 0 bridgehead atoms. The zero-order valence-corrected chi connectivity index (χ0v) is 12.9. The quantitative estimate of drug-likeness (QED) is 0.793. The molecule has 114 valence electrons. The minimum absolute atomic E-state index is 0.451. The number of rotatable bonds is 7. The van der Waals surface area contributed by atoms with Gasteiger partial charge in [-0.25, -0.2) is 0 Å². The van der Waals surface area contributed by atoms with Gasteiger partial charge in [-0.2, -0.15) is 4.98 Å². The van der Waals surface area contributed by atoms with Gasteiger partial charge in [0, 0.05) is 19.2 Å². The van der Waals surface area contributed by atoms with E-state index in [1.54, 1.807) is 7.11 Å². The van der Waals surface area contributed by atoms with Gasteiger partial charge in [-0.3, -0.25) is 0 Å². The molecule has 0 spiro atoms. The molecule has 0 atom stereocenters. The maximum atomic E-state index is 5.94. The van der Waals surface area contributed by atoms with E-state index in [4.69, 9.17) is 15.0 Å². The smallest absolute Gasteiger partial charge is 0.227 e. The first-order valence-corrected chi connectivity index (χ1v) is 7.36. The molecule has 0 amide bonds. The van der Waals surface area contributed by atoms with Gasteiger partial charge in [0.1, 0.15) is 5.60 Å². The number of ether oxygens (including phenoxy) is 1. The molecule has 0 fully saturated rings. The van der Waals surface area contributed by atoms with Gasteiger partial charge in [-0.05, 0) is 30.9 Å². The molecule has 1 heterocycles. The summed E-state index contributed by atoms with van der Waals surface area (Å²) in [5.41, 5.74) is 7.38. The Kier molecular flexibility index (Phi) is 4.96. The van der Waals surface area contributed by atoms with Crippen LogP contribution in [0.15, 0.2) is 28.8 Å². The third kappa shape index (κ3) is 3.24. The van der Waals surface area contributed by atoms with Crippen molar-refractivity contribution in [2.24, 2.45) is 0 Å². The van der Waals surface area contributed by atoms with E-state index in [-0.39, 0.29) is 0 Å². The summed E-state index contributed by atoms with van der Waals surface area (Å²) in [7, 11) is 1.69. The first-order chi connectivity index (χ1) is 10.1. The van der Waals surface area contributed by atoms with E-state index in [2.05, 4.69) is 24.0 Å². The van der Waals surface area contributed by atoms with E-state index < -0.39 is 5.60 Å². The number of nitrogen functional groups attached to an aromatic ring is 1. The SMILES string of the molecule is CCC(CC)(OC)c1noc(CCc2ccccc2N)n1. The predicted octanol–water partition coefficient (Wildman–Crippen LogP) is 3.10. The topological polar surface area (TPSA) is 74.2 Å². The summed E-state index contributed by atoms with van der Waals surface area (Å²) >= 11 is 0. The summed E-state index contributed by atoms with van der Waals surface area (Å²) in [5, 5.41) is 4.09. The van der Waals surface area contributed by atoms with Crippen LogP contribution >= 0.6 is 0 Å². The Hall–Kier alpha value is -1.88. The van der Waals surface area contributed by atoms with Crippen LogP contribution in [0.3, 0.4) is 0 Å². The number of hydrogen-bond acceptors (Lipinski definition) is 5. The van der Waals surface area contributed by atoms with E-state index in [0.717, 1.165) is 30.5 Å². The summed E-state index contributed by atoms with van der Waals surface area (Å²) in [6, 6.07) is 7.83. The van der Waals surface area contributed by atoms with Gasteiger partial charge in [0.15, 0.2) is 0 Å². The highest BCUT2D eigenvalue weighted by atomic mass is 16.5. The summed E-state index contributed by atoms with van der Waals surface area (Å²) < 4.78 is 11.0. The molecule has 1 aromatic heterocycles. The zero-order chi connectivity index (χ0) is 15.3. The van der Waals surface area contributed by atoms with Crippen molar-refractivity contribution in [2.75, 3.05) is 12.8 Å². The molecule has 0 aliphatic carbocycles. The molecule has 21 heavy (non-hydrogen) atoms. The monoisotopic (exact) mass is 289 g/mol. The van der Waals surface area contributed by atoms with Crippen molar-refractivity contribution in [1.82, 2.24) is 10.1 Å². The van der Waals surface area contributed by atoms with Crippen LogP contribution in [0, 0.1) is 0 Å². The molecule has 5 heteroatoms. The fourth-order valence-electron chi connectivity index (χ4n) is 2.49. The van der Waals surface area contributed by atoms with Gasteiger partial charge in [-0.1, -0.05) is 37.2 Å². The van der Waals surface area contributed by atoms with Gasteiger partial charge < -0.3 is 15.0 Å². The van der Waals surface area contributed by atoms with Gasteiger partial charge in [0.05, 0.1) is 0 Å². The molecule has 0 saturated heterocycles. The van der Waals surface area contributed by atoms with Crippen molar-refractivity contribution in [3.05, 3.63) is 41.5 Å². The second-order valence-electron chi connectivity index (χ2n) is 5.12. The zero-order valence-electron chi connectivity index (χ0n) is 12.9. The second-order valence-corrected chi connectivity index (χ2v) is 5.12. The van der Waals surface area contributed by atoms with E-state index in [0.29, 0.717) is 18.1 Å². The van der Waals surface area contributed by atoms with Crippen molar-refractivity contribution in [3.63, 3.8) is 0 Å². The molecular weight excluding hydrogens is 266 g/mol. The van der Waals surface area contributed by atoms with E-state index in [1.165, 1.54) is 0 Å². The molecule has 2 aromatic rings. The molecule has 0 aliphatic rings. The first-order valence-electron chi connectivity index (χ1n) is 7.36. The van der Waals surface area contributed by atoms with Gasteiger partial charge in [-0.15, -0.1) is 0 Å². The lowest BCUT2D eigenvalue weighted by molar-refractivity contribution is -0.0306. The van der Waals surface area contributed by atoms with Crippen LogP contribution in [-0.2, 0) is 23.2 Å². The molecule has 2 N–H and O–H groups in total. The van der Waals surface area contributed by atoms with Crippen LogP contribution in [-0.4, -0.2) is 17.3 Å². The van der Waals surface area contributed by atoms with Crippen LogP contribution in [0.2, 0.25) is 0 Å². The van der Waals surface area contributed by atoms with Crippen molar-refractivity contribution >= 4 is 5.69 Å². The lowest BCUT2D eigenvalue weighted by Gasteiger charge is -2.25. The summed E-state index contributed by atoms with van der Waals surface area (Å²) in [6.07, 6.45) is 3.08. The standard InChI is InChI=1S/C16H23N3O2/c1-4-16(5-2,20-3)15-18-14(21-19-15)11-10-12-8-6-7-9-13(12)17/h6-9H,4-5,10-11,17H2,1-3H3. The van der Waals surface area contributed by atoms with Crippen LogP contribution in [0.4, 0.5) is 5.69 Å². The lowest BCUT2D eigenvalue weighted by Crippen LogP contribution is -2.28.